The van der Waals surface area contributed by atoms with Crippen LogP contribution in [0.3, 0.4) is 0 Å². The predicted octanol–water partition coefficient (Wildman–Crippen LogP) is 7.31. The van der Waals surface area contributed by atoms with Crippen molar-refractivity contribution in [2.45, 2.75) is 102 Å². The summed E-state index contributed by atoms with van der Waals surface area (Å²) in [5, 5.41) is 0. The number of hydrogen-bond donors (Lipinski definition) is 0. The number of benzene rings is 2. The highest BCUT2D eigenvalue weighted by Gasteiger charge is 2.19. The van der Waals surface area contributed by atoms with Gasteiger partial charge in [-0.25, -0.2) is 16.8 Å². The second-order valence-corrected chi connectivity index (χ2v) is 13.4. The van der Waals surface area contributed by atoms with E-state index in [2.05, 4.69) is 13.8 Å². The van der Waals surface area contributed by atoms with Gasteiger partial charge in [0.15, 0.2) is 19.7 Å². The molecule has 0 amide bonds. The first-order chi connectivity index (χ1) is 16.7. The molecule has 196 valence electrons. The summed E-state index contributed by atoms with van der Waals surface area (Å²) >= 11 is 0. The zero-order chi connectivity index (χ0) is 25.9. The lowest BCUT2D eigenvalue weighted by Crippen LogP contribution is -2.08. The maximum atomic E-state index is 12.8. The number of hydrogen-bond acceptors (Lipinski definition) is 5. The van der Waals surface area contributed by atoms with Crippen LogP contribution in [0, 0.1) is 0 Å². The number of aryl methyl sites for hydroxylation is 2. The molecule has 0 spiro atoms. The lowest BCUT2D eigenvalue weighted by atomic mass is 10.1. The van der Waals surface area contributed by atoms with Gasteiger partial charge in [-0.05, 0) is 86.1 Å². The van der Waals surface area contributed by atoms with E-state index in [4.69, 9.17) is 4.74 Å². The fourth-order valence-electron chi connectivity index (χ4n) is 3.85. The summed E-state index contributed by atoms with van der Waals surface area (Å²) in [6, 6.07) is 10.3. The molecule has 5 nitrogen and oxygen atoms in total. The third-order valence-corrected chi connectivity index (χ3v) is 9.73. The summed E-state index contributed by atoms with van der Waals surface area (Å²) in [6.07, 6.45) is 8.18. The number of ether oxygens (including phenoxy) is 1. The molecule has 2 aromatic carbocycles. The minimum Gasteiger partial charge on any atom is -0.457 e. The molecule has 0 aliphatic heterocycles. The SMILES string of the molecule is CCCCc1cc(S(=O)(=O)CCCC)ccc1Oc1ccc(S(=O)(=O)CCCC)cc1CCCC. The molecule has 0 heterocycles. The van der Waals surface area contributed by atoms with Crippen LogP contribution in [0.2, 0.25) is 0 Å². The molecule has 2 aromatic rings. The van der Waals surface area contributed by atoms with Gasteiger partial charge in [0, 0.05) is 0 Å². The molecular formula is C28H42O5S2. The van der Waals surface area contributed by atoms with Crippen LogP contribution in [0.25, 0.3) is 0 Å². The smallest absolute Gasteiger partial charge is 0.178 e. The zero-order valence-corrected chi connectivity index (χ0v) is 23.4. The van der Waals surface area contributed by atoms with Gasteiger partial charge in [0.1, 0.15) is 11.5 Å². The normalized spacial score (nSPS) is 12.1. The molecule has 0 unspecified atom stereocenters. The molecule has 0 N–H and O–H groups in total. The molecule has 2 rings (SSSR count). The first-order valence-electron chi connectivity index (χ1n) is 13.1. The highest BCUT2D eigenvalue weighted by Crippen LogP contribution is 2.33. The summed E-state index contributed by atoms with van der Waals surface area (Å²) in [5.41, 5.74) is 1.73. The van der Waals surface area contributed by atoms with Crippen molar-refractivity contribution in [3.8, 4) is 11.5 Å². The lowest BCUT2D eigenvalue weighted by molar-refractivity contribution is 0.466. The van der Waals surface area contributed by atoms with Crippen molar-refractivity contribution >= 4 is 19.7 Å². The van der Waals surface area contributed by atoms with E-state index in [-0.39, 0.29) is 11.5 Å². The second-order valence-electron chi connectivity index (χ2n) is 9.19. The van der Waals surface area contributed by atoms with Crippen LogP contribution in [0.1, 0.15) is 90.2 Å². The van der Waals surface area contributed by atoms with E-state index in [1.54, 1.807) is 36.4 Å². The van der Waals surface area contributed by atoms with E-state index >= 15 is 0 Å². The Morgan fingerprint density at radius 2 is 0.943 bits per heavy atom. The van der Waals surface area contributed by atoms with E-state index in [9.17, 15) is 16.8 Å². The molecule has 0 aromatic heterocycles. The molecule has 0 bridgehead atoms. The van der Waals surface area contributed by atoms with Gasteiger partial charge >= 0.3 is 0 Å². The molecule has 7 heteroatoms. The lowest BCUT2D eigenvalue weighted by Gasteiger charge is -2.17. The van der Waals surface area contributed by atoms with Gasteiger partial charge in [-0.15, -0.1) is 0 Å². The summed E-state index contributed by atoms with van der Waals surface area (Å²) < 4.78 is 57.4. The van der Waals surface area contributed by atoms with Crippen LogP contribution in [0.5, 0.6) is 11.5 Å². The summed E-state index contributed by atoms with van der Waals surface area (Å²) in [7, 11) is -6.66. The van der Waals surface area contributed by atoms with E-state index in [0.29, 0.717) is 34.1 Å². The first-order valence-corrected chi connectivity index (χ1v) is 16.4. The molecular weight excluding hydrogens is 480 g/mol. The highest BCUT2D eigenvalue weighted by atomic mass is 32.2. The largest absolute Gasteiger partial charge is 0.457 e. The third-order valence-electron chi connectivity index (χ3n) is 6.13. The Morgan fingerprint density at radius 3 is 1.29 bits per heavy atom. The average Bonchev–Trinajstić information content (AvgIpc) is 2.84. The predicted molar refractivity (Wildman–Crippen MR) is 144 cm³/mol. The van der Waals surface area contributed by atoms with E-state index in [0.717, 1.165) is 62.5 Å². The van der Waals surface area contributed by atoms with Crippen molar-refractivity contribution in [3.05, 3.63) is 47.5 Å². The average molecular weight is 523 g/mol. The molecule has 0 saturated carbocycles. The fraction of sp³-hybridized carbons (Fsp3) is 0.571. The summed E-state index contributed by atoms with van der Waals surface area (Å²) in [6.45, 7) is 8.16. The van der Waals surface area contributed by atoms with E-state index in [1.165, 1.54) is 0 Å². The Morgan fingerprint density at radius 1 is 0.571 bits per heavy atom. The van der Waals surface area contributed by atoms with E-state index < -0.39 is 19.7 Å². The Kier molecular flexibility index (Phi) is 11.8. The Hall–Kier alpha value is -1.86. The standard InChI is InChI=1S/C28H42O5S2/c1-5-9-13-23-21-25(34(29,30)19-11-7-3)15-17-27(23)33-28-18-16-26(22-24(28)14-10-6-2)35(31,32)20-12-8-4/h15-18,21-22H,5-14,19-20H2,1-4H3. The second kappa shape index (κ2) is 14.0. The zero-order valence-electron chi connectivity index (χ0n) is 21.8. The maximum absolute atomic E-state index is 12.8. The van der Waals surface area contributed by atoms with Crippen molar-refractivity contribution in [2.75, 3.05) is 11.5 Å². The van der Waals surface area contributed by atoms with Crippen molar-refractivity contribution in [3.63, 3.8) is 0 Å². The van der Waals surface area contributed by atoms with Gasteiger partial charge in [-0.2, -0.15) is 0 Å². The van der Waals surface area contributed by atoms with Crippen LogP contribution in [0.4, 0.5) is 0 Å². The minimum atomic E-state index is -3.33. The fourth-order valence-corrected chi connectivity index (χ4v) is 6.85. The first kappa shape index (κ1) is 29.4. The Labute approximate surface area is 213 Å². The topological polar surface area (TPSA) is 77.5 Å². The third kappa shape index (κ3) is 8.64. The highest BCUT2D eigenvalue weighted by molar-refractivity contribution is 7.91. The van der Waals surface area contributed by atoms with Crippen molar-refractivity contribution in [2.24, 2.45) is 0 Å². The number of unbranched alkanes of at least 4 members (excludes halogenated alkanes) is 4. The molecule has 0 saturated heterocycles. The van der Waals surface area contributed by atoms with Crippen LogP contribution in [0.15, 0.2) is 46.2 Å². The molecule has 0 aliphatic carbocycles. The van der Waals surface area contributed by atoms with Crippen LogP contribution >= 0.6 is 0 Å². The Bertz CT molecular complexity index is 1060. The number of rotatable bonds is 16. The van der Waals surface area contributed by atoms with Crippen LogP contribution in [-0.4, -0.2) is 28.3 Å². The van der Waals surface area contributed by atoms with Gasteiger partial charge < -0.3 is 4.74 Å². The van der Waals surface area contributed by atoms with Crippen LogP contribution < -0.4 is 4.74 Å². The molecule has 0 radical (unpaired) electrons. The summed E-state index contributed by atoms with van der Waals surface area (Å²) in [5.74, 6) is 1.55. The molecule has 0 aliphatic rings. The van der Waals surface area contributed by atoms with Crippen LogP contribution in [-0.2, 0) is 32.5 Å². The molecule has 35 heavy (non-hydrogen) atoms. The van der Waals surface area contributed by atoms with Gasteiger partial charge in [0.2, 0.25) is 0 Å². The van der Waals surface area contributed by atoms with Crippen molar-refractivity contribution in [1.82, 2.24) is 0 Å². The molecule has 0 atom stereocenters. The Balaban J connectivity index is 2.45. The monoisotopic (exact) mass is 522 g/mol. The van der Waals surface area contributed by atoms with E-state index in [1.807, 2.05) is 13.8 Å². The van der Waals surface area contributed by atoms with Gasteiger partial charge in [-0.3, -0.25) is 0 Å². The maximum Gasteiger partial charge on any atom is 0.178 e. The van der Waals surface area contributed by atoms with Gasteiger partial charge in [0.25, 0.3) is 0 Å². The van der Waals surface area contributed by atoms with Crippen molar-refractivity contribution in [1.29, 1.82) is 0 Å². The quantitative estimate of drug-likeness (QED) is 0.231. The van der Waals surface area contributed by atoms with Gasteiger partial charge in [0.05, 0.1) is 21.3 Å². The summed E-state index contributed by atoms with van der Waals surface area (Å²) in [4.78, 5) is 0.681. The minimum absolute atomic E-state index is 0.145. The van der Waals surface area contributed by atoms with Crippen molar-refractivity contribution < 1.29 is 21.6 Å². The van der Waals surface area contributed by atoms with Gasteiger partial charge in [-0.1, -0.05) is 53.4 Å². The molecule has 0 fully saturated rings. The number of sulfone groups is 2.